The minimum absolute atomic E-state index is 0.605. The zero-order valence-corrected chi connectivity index (χ0v) is 4.30. The second kappa shape index (κ2) is 4.05. The van der Waals surface area contributed by atoms with Crippen LogP contribution in [0.2, 0.25) is 0 Å². The van der Waals surface area contributed by atoms with Crippen LogP contribution < -0.4 is 11.5 Å². The summed E-state index contributed by atoms with van der Waals surface area (Å²) in [7, 11) is 0. The SMILES string of the molecule is NCCCC(N)O. The average Bonchev–Trinajstić information content (AvgIpc) is 1.61. The molecule has 3 heteroatoms. The minimum atomic E-state index is -0.677. The van der Waals surface area contributed by atoms with Gasteiger partial charge in [-0.05, 0) is 19.4 Å². The van der Waals surface area contributed by atoms with Crippen LogP contribution in [0.25, 0.3) is 0 Å². The van der Waals surface area contributed by atoms with Crippen LogP contribution in [-0.4, -0.2) is 17.9 Å². The van der Waals surface area contributed by atoms with Crippen molar-refractivity contribution in [3.63, 3.8) is 0 Å². The Morgan fingerprint density at radius 2 is 2.14 bits per heavy atom. The average molecular weight is 104 g/mol. The van der Waals surface area contributed by atoms with Crippen molar-refractivity contribution in [2.45, 2.75) is 19.1 Å². The number of hydrogen-bond acceptors (Lipinski definition) is 3. The first-order chi connectivity index (χ1) is 3.27. The van der Waals surface area contributed by atoms with Crippen LogP contribution in [0.4, 0.5) is 0 Å². The molecule has 0 amide bonds. The van der Waals surface area contributed by atoms with Crippen LogP contribution in [0, 0.1) is 0 Å². The lowest BCUT2D eigenvalue weighted by atomic mass is 10.3. The largest absolute Gasteiger partial charge is 0.379 e. The first kappa shape index (κ1) is 6.88. The molecule has 3 nitrogen and oxygen atoms in total. The van der Waals surface area contributed by atoms with Crippen molar-refractivity contribution >= 4 is 0 Å². The van der Waals surface area contributed by atoms with Gasteiger partial charge in [0, 0.05) is 0 Å². The maximum Gasteiger partial charge on any atom is 0.102 e. The molecule has 0 radical (unpaired) electrons. The van der Waals surface area contributed by atoms with E-state index >= 15 is 0 Å². The van der Waals surface area contributed by atoms with Gasteiger partial charge in [-0.1, -0.05) is 0 Å². The molecule has 0 spiro atoms. The molecule has 5 N–H and O–H groups in total. The van der Waals surface area contributed by atoms with Crippen LogP contribution in [0.15, 0.2) is 0 Å². The molecule has 0 bridgehead atoms. The molecular weight excluding hydrogens is 92.1 g/mol. The molecule has 1 unspecified atom stereocenters. The highest BCUT2D eigenvalue weighted by atomic mass is 16.3. The summed E-state index contributed by atoms with van der Waals surface area (Å²) in [6, 6.07) is 0. The molecule has 0 aromatic carbocycles. The summed E-state index contributed by atoms with van der Waals surface area (Å²) in [6.07, 6.45) is 0.734. The van der Waals surface area contributed by atoms with Crippen molar-refractivity contribution in [2.24, 2.45) is 11.5 Å². The smallest absolute Gasteiger partial charge is 0.102 e. The summed E-state index contributed by atoms with van der Waals surface area (Å²) in [5, 5.41) is 8.41. The third kappa shape index (κ3) is 5.88. The van der Waals surface area contributed by atoms with E-state index in [1.165, 1.54) is 0 Å². The quantitative estimate of drug-likeness (QED) is 0.402. The maximum atomic E-state index is 8.41. The maximum absolute atomic E-state index is 8.41. The van der Waals surface area contributed by atoms with Gasteiger partial charge in [-0.15, -0.1) is 0 Å². The topological polar surface area (TPSA) is 72.3 Å². The Morgan fingerprint density at radius 1 is 1.57 bits per heavy atom. The van der Waals surface area contributed by atoms with Crippen molar-refractivity contribution in [3.8, 4) is 0 Å². The Hall–Kier alpha value is -0.120. The first-order valence-corrected chi connectivity index (χ1v) is 2.41. The van der Waals surface area contributed by atoms with Gasteiger partial charge in [-0.2, -0.15) is 0 Å². The number of rotatable bonds is 3. The fourth-order valence-electron chi connectivity index (χ4n) is 0.327. The second-order valence-corrected chi connectivity index (χ2v) is 1.50. The standard InChI is InChI=1S/C4H12N2O/c5-3-1-2-4(6)7/h4,7H,1-3,5-6H2. The lowest BCUT2D eigenvalue weighted by molar-refractivity contribution is 0.170. The van der Waals surface area contributed by atoms with Crippen LogP contribution in [-0.2, 0) is 0 Å². The van der Waals surface area contributed by atoms with Gasteiger partial charge in [-0.25, -0.2) is 0 Å². The molecule has 0 aromatic rings. The van der Waals surface area contributed by atoms with Crippen molar-refractivity contribution < 1.29 is 5.11 Å². The first-order valence-electron chi connectivity index (χ1n) is 2.41. The van der Waals surface area contributed by atoms with E-state index in [4.69, 9.17) is 16.6 Å². The fourth-order valence-corrected chi connectivity index (χ4v) is 0.327. The number of aliphatic hydroxyl groups is 1. The summed E-state index contributed by atoms with van der Waals surface area (Å²) in [5.41, 5.74) is 10.1. The molecule has 0 aromatic heterocycles. The van der Waals surface area contributed by atoms with Crippen LogP contribution in [0.3, 0.4) is 0 Å². The Balaban J connectivity index is 2.68. The molecule has 1 atom stereocenters. The summed E-state index contributed by atoms with van der Waals surface area (Å²) in [5.74, 6) is 0. The zero-order valence-electron chi connectivity index (χ0n) is 4.30. The Morgan fingerprint density at radius 3 is 2.29 bits per heavy atom. The van der Waals surface area contributed by atoms with Crippen molar-refractivity contribution in [3.05, 3.63) is 0 Å². The third-order valence-electron chi connectivity index (χ3n) is 0.704. The summed E-state index contributed by atoms with van der Waals surface area (Å²) in [4.78, 5) is 0. The summed E-state index contributed by atoms with van der Waals surface area (Å²) in [6.45, 7) is 0.605. The minimum Gasteiger partial charge on any atom is -0.379 e. The predicted octanol–water partition coefficient (Wildman–Crippen LogP) is -0.998. The van der Waals surface area contributed by atoms with Crippen LogP contribution >= 0.6 is 0 Å². The van der Waals surface area contributed by atoms with E-state index in [1.807, 2.05) is 0 Å². The lowest BCUT2D eigenvalue weighted by Gasteiger charge is -1.98. The Bertz CT molecular complexity index is 38.7. The van der Waals surface area contributed by atoms with Gasteiger partial charge in [0.1, 0.15) is 6.23 Å². The molecule has 0 saturated heterocycles. The van der Waals surface area contributed by atoms with E-state index < -0.39 is 6.23 Å². The van der Waals surface area contributed by atoms with Gasteiger partial charge in [-0.3, -0.25) is 0 Å². The van der Waals surface area contributed by atoms with Crippen LogP contribution in [0.5, 0.6) is 0 Å². The van der Waals surface area contributed by atoms with Crippen molar-refractivity contribution in [2.75, 3.05) is 6.54 Å². The molecule has 0 fully saturated rings. The Kier molecular flexibility index (Phi) is 3.98. The van der Waals surface area contributed by atoms with Gasteiger partial charge >= 0.3 is 0 Å². The van der Waals surface area contributed by atoms with Gasteiger partial charge < -0.3 is 16.6 Å². The van der Waals surface area contributed by atoms with Gasteiger partial charge in [0.05, 0.1) is 0 Å². The summed E-state index contributed by atoms with van der Waals surface area (Å²) < 4.78 is 0. The normalized spacial score (nSPS) is 14.1. The highest BCUT2D eigenvalue weighted by molar-refractivity contribution is 4.44. The van der Waals surface area contributed by atoms with Crippen LogP contribution in [0.1, 0.15) is 12.8 Å². The number of hydrogen-bond donors (Lipinski definition) is 3. The van der Waals surface area contributed by atoms with E-state index in [2.05, 4.69) is 0 Å². The van der Waals surface area contributed by atoms with E-state index in [0.29, 0.717) is 13.0 Å². The molecule has 7 heavy (non-hydrogen) atoms. The Labute approximate surface area is 43.3 Å². The van der Waals surface area contributed by atoms with E-state index in [-0.39, 0.29) is 0 Å². The van der Waals surface area contributed by atoms with Gasteiger partial charge in [0.2, 0.25) is 0 Å². The molecule has 0 saturated carbocycles. The molecule has 0 aliphatic carbocycles. The van der Waals surface area contributed by atoms with Crippen molar-refractivity contribution in [1.29, 1.82) is 0 Å². The number of aliphatic hydroxyl groups excluding tert-OH is 1. The predicted molar refractivity (Wildman–Crippen MR) is 28.5 cm³/mol. The molecule has 0 rings (SSSR count). The zero-order chi connectivity index (χ0) is 5.70. The van der Waals surface area contributed by atoms with Gasteiger partial charge in [0.15, 0.2) is 0 Å². The molecular formula is C4H12N2O. The van der Waals surface area contributed by atoms with E-state index in [1.54, 1.807) is 0 Å². The van der Waals surface area contributed by atoms with Crippen molar-refractivity contribution in [1.82, 2.24) is 0 Å². The molecule has 0 aliphatic rings. The summed E-state index contributed by atoms with van der Waals surface area (Å²) >= 11 is 0. The second-order valence-electron chi connectivity index (χ2n) is 1.50. The third-order valence-corrected chi connectivity index (χ3v) is 0.704. The number of nitrogens with two attached hydrogens (primary N) is 2. The van der Waals surface area contributed by atoms with E-state index in [0.717, 1.165) is 6.42 Å². The molecule has 0 heterocycles. The molecule has 44 valence electrons. The van der Waals surface area contributed by atoms with E-state index in [9.17, 15) is 0 Å². The molecule has 0 aliphatic heterocycles. The highest BCUT2D eigenvalue weighted by Crippen LogP contribution is 1.85. The monoisotopic (exact) mass is 104 g/mol. The fraction of sp³-hybridized carbons (Fsp3) is 1.00. The highest BCUT2D eigenvalue weighted by Gasteiger charge is 1.90. The lowest BCUT2D eigenvalue weighted by Crippen LogP contribution is -2.19. The van der Waals surface area contributed by atoms with Gasteiger partial charge in [0.25, 0.3) is 0 Å².